The van der Waals surface area contributed by atoms with Gasteiger partial charge in [0.15, 0.2) is 0 Å². The molecule has 0 radical (unpaired) electrons. The summed E-state index contributed by atoms with van der Waals surface area (Å²) in [7, 11) is 0. The van der Waals surface area contributed by atoms with E-state index in [1.54, 1.807) is 24.3 Å². The molecule has 2 N–H and O–H groups in total. The predicted molar refractivity (Wildman–Crippen MR) is 53.6 cm³/mol. The number of aliphatic hydroxyl groups excluding tert-OH is 1. The third-order valence-electron chi connectivity index (χ3n) is 1.83. The molecule has 2 heterocycles. The Bertz CT molecular complexity index is 453. The molecule has 0 saturated heterocycles. The summed E-state index contributed by atoms with van der Waals surface area (Å²) in [5, 5.41) is 15.6. The molecule has 2 aromatic rings. The van der Waals surface area contributed by atoms with Gasteiger partial charge in [0, 0.05) is 17.8 Å². The van der Waals surface area contributed by atoms with E-state index in [2.05, 4.69) is 15.2 Å². The molecule has 0 spiro atoms. The van der Waals surface area contributed by atoms with E-state index in [4.69, 9.17) is 9.84 Å². The number of hydrogen-bond acceptors (Lipinski definition) is 4. The predicted octanol–water partition coefficient (Wildman–Crippen LogP) is 1.40. The van der Waals surface area contributed by atoms with Crippen molar-refractivity contribution in [3.63, 3.8) is 0 Å². The fourth-order valence-corrected chi connectivity index (χ4v) is 1.15. The van der Waals surface area contributed by atoms with Crippen LogP contribution in [0.1, 0.15) is 11.4 Å². The normalized spacial score (nSPS) is 10.3. The van der Waals surface area contributed by atoms with Crippen LogP contribution < -0.4 is 4.74 Å². The average molecular weight is 205 g/mol. The minimum atomic E-state index is -0.100. The lowest BCUT2D eigenvalue weighted by Gasteiger charge is -2.01. The maximum Gasteiger partial charge on any atom is 0.240 e. The summed E-state index contributed by atoms with van der Waals surface area (Å²) in [5.41, 5.74) is 1.49. The molecule has 0 atom stereocenters. The van der Waals surface area contributed by atoms with Crippen molar-refractivity contribution in [1.29, 1.82) is 0 Å². The molecule has 0 fully saturated rings. The van der Waals surface area contributed by atoms with Crippen molar-refractivity contribution in [2.24, 2.45) is 0 Å². The van der Waals surface area contributed by atoms with Gasteiger partial charge in [-0.25, -0.2) is 4.98 Å². The zero-order valence-electron chi connectivity index (χ0n) is 8.27. The first-order valence-electron chi connectivity index (χ1n) is 4.54. The van der Waals surface area contributed by atoms with E-state index in [-0.39, 0.29) is 6.61 Å². The van der Waals surface area contributed by atoms with Crippen LogP contribution in [0, 0.1) is 6.92 Å². The second kappa shape index (κ2) is 4.10. The molecule has 0 aliphatic rings. The minimum absolute atomic E-state index is 0.100. The monoisotopic (exact) mass is 205 g/mol. The van der Waals surface area contributed by atoms with E-state index in [0.29, 0.717) is 17.5 Å². The highest BCUT2D eigenvalue weighted by Gasteiger charge is 2.02. The number of nitrogens with one attached hydrogen (secondary N) is 1. The van der Waals surface area contributed by atoms with Gasteiger partial charge in [0.1, 0.15) is 0 Å². The van der Waals surface area contributed by atoms with E-state index >= 15 is 0 Å². The Morgan fingerprint density at radius 2 is 2.27 bits per heavy atom. The Hall–Kier alpha value is -1.88. The number of nitrogens with zero attached hydrogens (tertiary/aromatic N) is 2. The highest BCUT2D eigenvalue weighted by molar-refractivity contribution is 5.22. The molecule has 2 aromatic heterocycles. The van der Waals surface area contributed by atoms with E-state index in [9.17, 15) is 0 Å². The second-order valence-electron chi connectivity index (χ2n) is 3.12. The molecular formula is C10H11N3O2. The first-order valence-corrected chi connectivity index (χ1v) is 4.54. The van der Waals surface area contributed by atoms with Gasteiger partial charge in [-0.05, 0) is 13.0 Å². The van der Waals surface area contributed by atoms with Crippen molar-refractivity contribution < 1.29 is 9.84 Å². The van der Waals surface area contributed by atoms with E-state index < -0.39 is 0 Å². The zero-order valence-corrected chi connectivity index (χ0v) is 8.27. The number of aromatic nitrogens is 3. The van der Waals surface area contributed by atoms with Crippen molar-refractivity contribution in [3.05, 3.63) is 35.7 Å². The summed E-state index contributed by atoms with van der Waals surface area (Å²) in [6.45, 7) is 1.79. The molecule has 5 nitrogen and oxygen atoms in total. The van der Waals surface area contributed by atoms with Crippen LogP contribution >= 0.6 is 0 Å². The largest absolute Gasteiger partial charge is 0.419 e. The highest BCUT2D eigenvalue weighted by Crippen LogP contribution is 2.17. The average Bonchev–Trinajstić information content (AvgIpc) is 2.64. The van der Waals surface area contributed by atoms with E-state index in [1.165, 1.54) is 0 Å². The first kappa shape index (κ1) is 9.67. The third-order valence-corrected chi connectivity index (χ3v) is 1.83. The Balaban J connectivity index is 2.16. The molecule has 0 aliphatic heterocycles. The molecule has 0 bridgehead atoms. The quantitative estimate of drug-likeness (QED) is 0.794. The summed E-state index contributed by atoms with van der Waals surface area (Å²) >= 11 is 0. The third kappa shape index (κ3) is 2.32. The number of aryl methyl sites for hydroxylation is 1. The van der Waals surface area contributed by atoms with Crippen LogP contribution in [0.2, 0.25) is 0 Å². The molecule has 2 rings (SSSR count). The minimum Gasteiger partial charge on any atom is -0.419 e. The van der Waals surface area contributed by atoms with Gasteiger partial charge in [-0.3, -0.25) is 5.10 Å². The van der Waals surface area contributed by atoms with Crippen LogP contribution in [0.3, 0.4) is 0 Å². The van der Waals surface area contributed by atoms with Crippen LogP contribution in [0.15, 0.2) is 24.3 Å². The van der Waals surface area contributed by atoms with Gasteiger partial charge in [0.25, 0.3) is 0 Å². The highest BCUT2D eigenvalue weighted by atomic mass is 16.5. The summed E-state index contributed by atoms with van der Waals surface area (Å²) in [5.74, 6) is 0.892. The second-order valence-corrected chi connectivity index (χ2v) is 3.12. The Labute approximate surface area is 86.7 Å². The van der Waals surface area contributed by atoms with Crippen molar-refractivity contribution in [1.82, 2.24) is 15.2 Å². The van der Waals surface area contributed by atoms with E-state index in [0.717, 1.165) is 5.69 Å². The van der Waals surface area contributed by atoms with E-state index in [1.807, 2.05) is 6.92 Å². The molecule has 78 valence electrons. The van der Waals surface area contributed by atoms with Crippen molar-refractivity contribution in [2.75, 3.05) is 0 Å². The first-order chi connectivity index (χ1) is 7.28. The van der Waals surface area contributed by atoms with Crippen molar-refractivity contribution in [2.45, 2.75) is 13.5 Å². The van der Waals surface area contributed by atoms with Gasteiger partial charge in [-0.1, -0.05) is 6.07 Å². The zero-order chi connectivity index (χ0) is 10.7. The van der Waals surface area contributed by atoms with Crippen LogP contribution in [0.4, 0.5) is 0 Å². The Morgan fingerprint density at radius 1 is 1.40 bits per heavy atom. The molecular weight excluding hydrogens is 194 g/mol. The smallest absolute Gasteiger partial charge is 0.240 e. The number of rotatable bonds is 3. The Kier molecular flexibility index (Phi) is 2.64. The lowest BCUT2D eigenvalue weighted by molar-refractivity contribution is 0.275. The summed E-state index contributed by atoms with van der Waals surface area (Å²) in [4.78, 5) is 4.07. The maximum atomic E-state index is 8.89. The molecule has 0 aromatic carbocycles. The maximum absolute atomic E-state index is 8.89. The lowest BCUT2D eigenvalue weighted by atomic mass is 10.4. The van der Waals surface area contributed by atoms with Gasteiger partial charge in [-0.15, -0.1) is 5.10 Å². The number of hydrogen-bond donors (Lipinski definition) is 2. The summed E-state index contributed by atoms with van der Waals surface area (Å²) in [6.07, 6.45) is 0. The van der Waals surface area contributed by atoms with Gasteiger partial charge in [0.2, 0.25) is 11.8 Å². The topological polar surface area (TPSA) is 71.0 Å². The van der Waals surface area contributed by atoms with Gasteiger partial charge in [-0.2, -0.15) is 0 Å². The number of pyridine rings is 1. The number of aliphatic hydroxyl groups is 1. The SMILES string of the molecule is Cc1cc(Oc2cccc(CO)n2)n[nH]1. The van der Waals surface area contributed by atoms with Crippen LogP contribution in [-0.4, -0.2) is 20.3 Å². The van der Waals surface area contributed by atoms with Crippen molar-refractivity contribution >= 4 is 0 Å². The van der Waals surface area contributed by atoms with Gasteiger partial charge in [0.05, 0.1) is 12.3 Å². The molecule has 0 unspecified atom stereocenters. The number of ether oxygens (including phenoxy) is 1. The van der Waals surface area contributed by atoms with Crippen LogP contribution in [0.5, 0.6) is 11.8 Å². The number of H-pyrrole nitrogens is 1. The van der Waals surface area contributed by atoms with Crippen molar-refractivity contribution in [3.8, 4) is 11.8 Å². The molecule has 0 saturated carbocycles. The van der Waals surface area contributed by atoms with Crippen LogP contribution in [0.25, 0.3) is 0 Å². The number of aromatic amines is 1. The molecule has 15 heavy (non-hydrogen) atoms. The van der Waals surface area contributed by atoms with Gasteiger partial charge < -0.3 is 9.84 Å². The fourth-order valence-electron chi connectivity index (χ4n) is 1.15. The molecule has 5 heteroatoms. The standard InChI is InChI=1S/C10H11N3O2/c1-7-5-10(13-12-7)15-9-4-2-3-8(6-14)11-9/h2-5,14H,6H2,1H3,(H,12,13). The lowest BCUT2D eigenvalue weighted by Crippen LogP contribution is -1.92. The molecule has 0 amide bonds. The summed E-state index contributed by atoms with van der Waals surface area (Å²) in [6, 6.07) is 6.98. The van der Waals surface area contributed by atoms with Gasteiger partial charge >= 0.3 is 0 Å². The fraction of sp³-hybridized carbons (Fsp3) is 0.200. The Morgan fingerprint density at radius 3 is 2.93 bits per heavy atom. The molecule has 0 aliphatic carbocycles. The summed E-state index contributed by atoms with van der Waals surface area (Å²) < 4.78 is 5.38. The van der Waals surface area contributed by atoms with Crippen LogP contribution in [-0.2, 0) is 6.61 Å².